The Labute approximate surface area is 211 Å². The summed E-state index contributed by atoms with van der Waals surface area (Å²) in [7, 11) is 1.28. The molecule has 11 heteroatoms. The van der Waals surface area contributed by atoms with E-state index in [0.717, 1.165) is 37.3 Å². The summed E-state index contributed by atoms with van der Waals surface area (Å²) in [6.45, 7) is 2.21. The van der Waals surface area contributed by atoms with E-state index in [-0.39, 0.29) is 11.3 Å². The largest absolute Gasteiger partial charge is 0.494 e. The number of amides is 1. The fourth-order valence-corrected chi connectivity index (χ4v) is 4.61. The monoisotopic (exact) mass is 508 g/mol. The summed E-state index contributed by atoms with van der Waals surface area (Å²) in [5.41, 5.74) is 2.80. The first kappa shape index (κ1) is 24.3. The van der Waals surface area contributed by atoms with Gasteiger partial charge in [0.2, 0.25) is 5.82 Å². The van der Waals surface area contributed by atoms with Crippen LogP contribution >= 0.6 is 0 Å². The van der Waals surface area contributed by atoms with Crippen molar-refractivity contribution in [3.63, 3.8) is 0 Å². The van der Waals surface area contributed by atoms with Gasteiger partial charge in [-0.3, -0.25) is 4.40 Å². The van der Waals surface area contributed by atoms with Gasteiger partial charge in [-0.25, -0.2) is 19.2 Å². The molecule has 0 bridgehead atoms. The van der Waals surface area contributed by atoms with Crippen molar-refractivity contribution in [2.75, 3.05) is 37.0 Å². The molecule has 9 nitrogen and oxygen atoms in total. The van der Waals surface area contributed by atoms with Gasteiger partial charge in [-0.2, -0.15) is 4.39 Å². The van der Waals surface area contributed by atoms with E-state index in [4.69, 9.17) is 9.84 Å². The van der Waals surface area contributed by atoms with E-state index in [2.05, 4.69) is 25.5 Å². The lowest BCUT2D eigenvalue weighted by Gasteiger charge is -2.33. The predicted molar refractivity (Wildman–Crippen MR) is 136 cm³/mol. The molecular weight excluding hydrogens is 482 g/mol. The quantitative estimate of drug-likeness (QED) is 0.326. The van der Waals surface area contributed by atoms with Crippen molar-refractivity contribution in [2.45, 2.75) is 12.8 Å². The average Bonchev–Trinajstić information content (AvgIpc) is 3.35. The number of halogens is 2. The Morgan fingerprint density at radius 1 is 1.11 bits per heavy atom. The molecule has 37 heavy (non-hydrogen) atoms. The molecule has 1 amide bonds. The second-order valence-electron chi connectivity index (χ2n) is 8.84. The molecule has 1 aliphatic rings. The highest BCUT2D eigenvalue weighted by Gasteiger charge is 2.21. The Morgan fingerprint density at radius 3 is 2.57 bits per heavy atom. The van der Waals surface area contributed by atoms with Crippen LogP contribution < -0.4 is 20.3 Å². The van der Waals surface area contributed by atoms with Gasteiger partial charge < -0.3 is 25.4 Å². The number of carbonyl (C=O) groups is 1. The van der Waals surface area contributed by atoms with Crippen molar-refractivity contribution in [3.05, 3.63) is 66.6 Å². The van der Waals surface area contributed by atoms with E-state index in [1.54, 1.807) is 16.8 Å². The molecule has 0 atom stereocenters. The third kappa shape index (κ3) is 4.97. The Balaban J connectivity index is 1.30. The van der Waals surface area contributed by atoms with E-state index in [1.165, 1.54) is 25.4 Å². The zero-order valence-electron chi connectivity index (χ0n) is 20.1. The highest BCUT2D eigenvalue weighted by Crippen LogP contribution is 2.32. The minimum atomic E-state index is -1.05. The maximum absolute atomic E-state index is 14.7. The number of aromatic nitrogens is 3. The first-order chi connectivity index (χ1) is 17.9. The van der Waals surface area contributed by atoms with Crippen LogP contribution in [0, 0.1) is 17.6 Å². The summed E-state index contributed by atoms with van der Waals surface area (Å²) >= 11 is 0. The SMILES string of the molecule is COc1ccc(-c2cnc3c(Nc4ccc(N5CCC(CNC(=O)O)CC5)cc4)nccn23)c(F)c1F. The number of imidazole rings is 1. The van der Waals surface area contributed by atoms with Crippen LogP contribution in [0.15, 0.2) is 55.0 Å². The van der Waals surface area contributed by atoms with Crippen LogP contribution in [0.2, 0.25) is 0 Å². The van der Waals surface area contributed by atoms with Gasteiger partial charge in [0.05, 0.1) is 19.0 Å². The van der Waals surface area contributed by atoms with Gasteiger partial charge in [0.1, 0.15) is 0 Å². The lowest BCUT2D eigenvalue weighted by atomic mass is 9.96. The van der Waals surface area contributed by atoms with Gasteiger partial charge in [0, 0.05) is 49.0 Å². The van der Waals surface area contributed by atoms with Crippen LogP contribution in [0.3, 0.4) is 0 Å². The number of nitrogens with zero attached hydrogens (tertiary/aromatic N) is 4. The number of hydrogen-bond donors (Lipinski definition) is 3. The van der Waals surface area contributed by atoms with E-state index >= 15 is 0 Å². The summed E-state index contributed by atoms with van der Waals surface area (Å²) in [5.74, 6) is -1.40. The Bertz CT molecular complexity index is 1420. The minimum Gasteiger partial charge on any atom is -0.494 e. The maximum Gasteiger partial charge on any atom is 0.404 e. The fourth-order valence-electron chi connectivity index (χ4n) is 4.61. The first-order valence-corrected chi connectivity index (χ1v) is 11.9. The summed E-state index contributed by atoms with van der Waals surface area (Å²) in [6.07, 6.45) is 5.55. The maximum atomic E-state index is 14.7. The second-order valence-corrected chi connectivity index (χ2v) is 8.84. The number of piperidine rings is 1. The van der Waals surface area contributed by atoms with E-state index in [0.29, 0.717) is 29.6 Å². The summed E-state index contributed by atoms with van der Waals surface area (Å²) in [6, 6.07) is 10.8. The standard InChI is InChI=1S/C26H26F2N6O3/c1-37-21-7-6-19(22(27)23(21)28)20-15-30-25-24(29-10-13-34(20)25)32-17-2-4-18(5-3-17)33-11-8-16(9-12-33)14-31-26(35)36/h2-7,10,13,15-16,31H,8-9,11-12,14H2,1H3,(H,29,32)(H,35,36). The molecular formula is C26H26F2N6O3. The molecule has 1 aliphatic heterocycles. The van der Waals surface area contributed by atoms with Crippen molar-refractivity contribution in [2.24, 2.45) is 5.92 Å². The normalized spacial score (nSPS) is 14.1. The number of anilines is 3. The molecule has 2 aromatic carbocycles. The van der Waals surface area contributed by atoms with Crippen molar-refractivity contribution in [3.8, 4) is 17.0 Å². The van der Waals surface area contributed by atoms with Gasteiger partial charge in [0.15, 0.2) is 23.0 Å². The molecule has 1 fully saturated rings. The summed E-state index contributed by atoms with van der Waals surface area (Å²) in [4.78, 5) is 21.8. The molecule has 5 rings (SSSR count). The van der Waals surface area contributed by atoms with Gasteiger partial charge in [-0.1, -0.05) is 0 Å². The van der Waals surface area contributed by atoms with Crippen molar-refractivity contribution in [1.29, 1.82) is 0 Å². The van der Waals surface area contributed by atoms with Gasteiger partial charge in [-0.15, -0.1) is 0 Å². The zero-order chi connectivity index (χ0) is 25.9. The number of methoxy groups -OCH3 is 1. The van der Waals surface area contributed by atoms with Crippen LogP contribution in [-0.4, -0.2) is 52.3 Å². The number of carboxylic acid groups (broad SMARTS) is 1. The van der Waals surface area contributed by atoms with Crippen LogP contribution in [0.1, 0.15) is 12.8 Å². The fraction of sp³-hybridized carbons (Fsp3) is 0.269. The molecule has 0 aliphatic carbocycles. The Hall–Kier alpha value is -4.41. The number of benzene rings is 2. The third-order valence-electron chi connectivity index (χ3n) is 6.62. The third-order valence-corrected chi connectivity index (χ3v) is 6.62. The lowest BCUT2D eigenvalue weighted by molar-refractivity contribution is 0.191. The van der Waals surface area contributed by atoms with Gasteiger partial charge >= 0.3 is 6.09 Å². The topological polar surface area (TPSA) is 104 Å². The van der Waals surface area contributed by atoms with E-state index in [1.807, 2.05) is 24.3 Å². The molecule has 0 radical (unpaired) electrons. The predicted octanol–water partition coefficient (Wildman–Crippen LogP) is 4.91. The molecule has 3 N–H and O–H groups in total. The van der Waals surface area contributed by atoms with Crippen LogP contribution in [0.25, 0.3) is 16.9 Å². The van der Waals surface area contributed by atoms with Crippen molar-refractivity contribution >= 4 is 28.9 Å². The minimum absolute atomic E-state index is 0.0646. The zero-order valence-corrected chi connectivity index (χ0v) is 20.1. The molecule has 1 saturated heterocycles. The van der Waals surface area contributed by atoms with E-state index in [9.17, 15) is 13.6 Å². The van der Waals surface area contributed by atoms with Gasteiger partial charge in [-0.05, 0) is 55.2 Å². The molecule has 3 heterocycles. The summed E-state index contributed by atoms with van der Waals surface area (Å²) in [5, 5.41) is 14.5. The van der Waals surface area contributed by atoms with Crippen LogP contribution in [-0.2, 0) is 0 Å². The van der Waals surface area contributed by atoms with Crippen molar-refractivity contribution in [1.82, 2.24) is 19.7 Å². The molecule has 192 valence electrons. The molecule has 0 unspecified atom stereocenters. The highest BCUT2D eigenvalue weighted by atomic mass is 19.2. The Kier molecular flexibility index (Phi) is 6.76. The van der Waals surface area contributed by atoms with Crippen LogP contribution in [0.4, 0.5) is 30.8 Å². The van der Waals surface area contributed by atoms with Crippen LogP contribution in [0.5, 0.6) is 5.75 Å². The molecule has 0 saturated carbocycles. The second kappa shape index (κ2) is 10.3. The van der Waals surface area contributed by atoms with Crippen molar-refractivity contribution < 1.29 is 23.4 Å². The molecule has 0 spiro atoms. The number of fused-ring (bicyclic) bond motifs is 1. The lowest BCUT2D eigenvalue weighted by Crippen LogP contribution is -2.38. The average molecular weight is 509 g/mol. The molecule has 4 aromatic rings. The summed E-state index contributed by atoms with van der Waals surface area (Å²) < 4.78 is 35.5. The number of ether oxygens (including phenoxy) is 1. The first-order valence-electron chi connectivity index (χ1n) is 11.9. The van der Waals surface area contributed by atoms with E-state index < -0.39 is 17.7 Å². The molecule has 2 aromatic heterocycles. The van der Waals surface area contributed by atoms with Gasteiger partial charge in [0.25, 0.3) is 0 Å². The Morgan fingerprint density at radius 2 is 1.86 bits per heavy atom. The number of nitrogens with one attached hydrogen (secondary N) is 2. The smallest absolute Gasteiger partial charge is 0.404 e. The number of hydrogen-bond acceptors (Lipinski definition) is 6. The number of rotatable bonds is 7. The highest BCUT2D eigenvalue weighted by molar-refractivity contribution is 5.75.